The maximum atomic E-state index is 12.9. The number of hydrogen-bond acceptors (Lipinski definition) is 4. The van der Waals surface area contributed by atoms with Crippen molar-refractivity contribution < 1.29 is 19.2 Å². The first-order valence-corrected chi connectivity index (χ1v) is 10.1. The fraction of sp³-hybridized carbons (Fsp3) is 0.304. The Morgan fingerprint density at radius 2 is 1.77 bits per heavy atom. The number of quaternary nitrogens is 1. The molecule has 0 aliphatic carbocycles. The lowest BCUT2D eigenvalue weighted by molar-refractivity contribution is -0.917. The molecule has 4 rings (SSSR count). The van der Waals surface area contributed by atoms with Gasteiger partial charge in [-0.15, -0.1) is 0 Å². The van der Waals surface area contributed by atoms with Crippen molar-refractivity contribution >= 4 is 5.91 Å². The van der Waals surface area contributed by atoms with Crippen LogP contribution >= 0.6 is 0 Å². The molecule has 3 aromatic rings. The summed E-state index contributed by atoms with van der Waals surface area (Å²) in [5.41, 5.74) is 2.77. The van der Waals surface area contributed by atoms with Crippen LogP contribution in [0.1, 0.15) is 15.9 Å². The first-order chi connectivity index (χ1) is 14.7. The van der Waals surface area contributed by atoms with Crippen LogP contribution in [0.5, 0.6) is 11.5 Å². The average Bonchev–Trinajstić information content (AvgIpc) is 3.30. The molecule has 0 atom stereocenters. The molecule has 30 heavy (non-hydrogen) atoms. The zero-order chi connectivity index (χ0) is 20.9. The monoisotopic (exact) mass is 407 g/mol. The molecular formula is C23H27N4O3+. The van der Waals surface area contributed by atoms with Gasteiger partial charge in [0.1, 0.15) is 6.54 Å². The topological polar surface area (TPSA) is 61.0 Å². The second-order valence-electron chi connectivity index (χ2n) is 7.42. The normalized spacial score (nSPS) is 14.5. The Labute approximate surface area is 176 Å². The van der Waals surface area contributed by atoms with Gasteiger partial charge in [-0.1, -0.05) is 18.2 Å². The quantitative estimate of drug-likeness (QED) is 0.672. The number of ether oxygens (including phenoxy) is 2. The Hall–Kier alpha value is -3.32. The lowest BCUT2D eigenvalue weighted by atomic mass is 10.1. The van der Waals surface area contributed by atoms with Crippen LogP contribution in [0.2, 0.25) is 0 Å². The van der Waals surface area contributed by atoms with Crippen molar-refractivity contribution in [1.29, 1.82) is 0 Å². The molecule has 7 heteroatoms. The highest BCUT2D eigenvalue weighted by atomic mass is 16.5. The summed E-state index contributed by atoms with van der Waals surface area (Å²) in [4.78, 5) is 16.3. The summed E-state index contributed by atoms with van der Waals surface area (Å²) < 4.78 is 12.5. The third-order valence-electron chi connectivity index (χ3n) is 5.51. The summed E-state index contributed by atoms with van der Waals surface area (Å²) in [6.07, 6.45) is 3.46. The highest BCUT2D eigenvalue weighted by Gasteiger charge is 2.25. The molecule has 1 aliphatic heterocycles. The second kappa shape index (κ2) is 9.00. The van der Waals surface area contributed by atoms with E-state index in [9.17, 15) is 4.79 Å². The fourth-order valence-corrected chi connectivity index (χ4v) is 3.82. The molecule has 156 valence electrons. The van der Waals surface area contributed by atoms with Crippen LogP contribution in [0.25, 0.3) is 5.69 Å². The van der Waals surface area contributed by atoms with E-state index in [1.807, 2.05) is 47.4 Å². The molecule has 0 spiro atoms. The van der Waals surface area contributed by atoms with E-state index in [0.29, 0.717) is 5.56 Å². The van der Waals surface area contributed by atoms with Crippen LogP contribution in [0, 0.1) is 0 Å². The van der Waals surface area contributed by atoms with Crippen molar-refractivity contribution in [2.75, 3.05) is 40.4 Å². The maximum Gasteiger partial charge on any atom is 0.257 e. The van der Waals surface area contributed by atoms with Gasteiger partial charge in [0, 0.05) is 11.8 Å². The van der Waals surface area contributed by atoms with E-state index in [4.69, 9.17) is 9.47 Å². The van der Waals surface area contributed by atoms with Gasteiger partial charge in [-0.2, -0.15) is 5.10 Å². The Morgan fingerprint density at radius 1 is 1.03 bits per heavy atom. The first-order valence-electron chi connectivity index (χ1n) is 10.1. The summed E-state index contributed by atoms with van der Waals surface area (Å²) in [6, 6.07) is 15.9. The van der Waals surface area contributed by atoms with Gasteiger partial charge < -0.3 is 19.3 Å². The average molecular weight is 407 g/mol. The van der Waals surface area contributed by atoms with E-state index in [1.165, 1.54) is 10.5 Å². The minimum Gasteiger partial charge on any atom is -0.493 e. The Kier molecular flexibility index (Phi) is 5.99. The van der Waals surface area contributed by atoms with E-state index in [0.717, 1.165) is 49.9 Å². The zero-order valence-corrected chi connectivity index (χ0v) is 17.4. The SMILES string of the molecule is COc1ccc(C[NH+]2CCN(C(=O)c3cnn(-c4ccccc4)c3)CC2)cc1OC. The molecule has 7 nitrogen and oxygen atoms in total. The van der Waals surface area contributed by atoms with Gasteiger partial charge in [0.25, 0.3) is 5.91 Å². The number of benzene rings is 2. The van der Waals surface area contributed by atoms with Gasteiger partial charge in [-0.25, -0.2) is 4.68 Å². The van der Waals surface area contributed by atoms with Crippen LogP contribution in [0.15, 0.2) is 60.9 Å². The fourth-order valence-electron chi connectivity index (χ4n) is 3.82. The van der Waals surface area contributed by atoms with Crippen molar-refractivity contribution in [3.05, 3.63) is 72.1 Å². The Morgan fingerprint density at radius 3 is 2.47 bits per heavy atom. The summed E-state index contributed by atoms with van der Waals surface area (Å²) in [7, 11) is 3.29. The molecule has 1 saturated heterocycles. The molecule has 1 amide bonds. The molecule has 0 radical (unpaired) electrons. The van der Waals surface area contributed by atoms with E-state index < -0.39 is 0 Å². The van der Waals surface area contributed by atoms with Crippen LogP contribution in [0.4, 0.5) is 0 Å². The van der Waals surface area contributed by atoms with Crippen LogP contribution in [0.3, 0.4) is 0 Å². The van der Waals surface area contributed by atoms with Crippen LogP contribution < -0.4 is 14.4 Å². The van der Waals surface area contributed by atoms with Gasteiger partial charge in [0.05, 0.1) is 57.8 Å². The van der Waals surface area contributed by atoms with Crippen LogP contribution in [-0.2, 0) is 6.54 Å². The molecule has 1 aliphatic rings. The smallest absolute Gasteiger partial charge is 0.257 e. The second-order valence-corrected chi connectivity index (χ2v) is 7.42. The van der Waals surface area contributed by atoms with E-state index >= 15 is 0 Å². The maximum absolute atomic E-state index is 12.9. The number of amides is 1. The number of rotatable bonds is 6. The molecule has 1 fully saturated rings. The first kappa shape index (κ1) is 20.0. The molecule has 1 N–H and O–H groups in total. The van der Waals surface area contributed by atoms with E-state index in [2.05, 4.69) is 11.2 Å². The summed E-state index contributed by atoms with van der Waals surface area (Å²) >= 11 is 0. The largest absolute Gasteiger partial charge is 0.493 e. The Balaban J connectivity index is 1.34. The number of nitrogens with one attached hydrogen (secondary N) is 1. The van der Waals surface area contributed by atoms with Crippen molar-refractivity contribution in [2.45, 2.75) is 6.54 Å². The number of nitrogens with zero attached hydrogens (tertiary/aromatic N) is 3. The number of aromatic nitrogens is 2. The molecule has 2 aromatic carbocycles. The minimum atomic E-state index is 0.0438. The lowest BCUT2D eigenvalue weighted by Gasteiger charge is -2.32. The number of piperazine rings is 1. The van der Waals surface area contributed by atoms with Gasteiger partial charge in [0.2, 0.25) is 0 Å². The highest BCUT2D eigenvalue weighted by Crippen LogP contribution is 2.27. The zero-order valence-electron chi connectivity index (χ0n) is 17.4. The molecular weight excluding hydrogens is 380 g/mol. The molecule has 1 aromatic heterocycles. The standard InChI is InChI=1S/C23H26N4O3/c1-29-21-9-8-18(14-22(21)30-2)16-25-10-12-26(13-11-25)23(28)19-15-24-27(17-19)20-6-4-3-5-7-20/h3-9,14-15,17H,10-13,16H2,1-2H3/p+1. The number of methoxy groups -OCH3 is 2. The van der Waals surface area contributed by atoms with Crippen molar-refractivity contribution in [2.24, 2.45) is 0 Å². The van der Waals surface area contributed by atoms with Crippen LogP contribution in [-0.4, -0.2) is 61.0 Å². The predicted octanol–water partition coefficient (Wildman–Crippen LogP) is 1.43. The summed E-state index contributed by atoms with van der Waals surface area (Å²) in [5.74, 6) is 1.53. The predicted molar refractivity (Wildman–Crippen MR) is 113 cm³/mol. The van der Waals surface area contributed by atoms with Gasteiger partial charge in [0.15, 0.2) is 11.5 Å². The van der Waals surface area contributed by atoms with Crippen molar-refractivity contribution in [1.82, 2.24) is 14.7 Å². The molecule has 2 heterocycles. The minimum absolute atomic E-state index is 0.0438. The molecule has 0 saturated carbocycles. The third-order valence-corrected chi connectivity index (χ3v) is 5.51. The van der Waals surface area contributed by atoms with E-state index in [1.54, 1.807) is 31.3 Å². The summed E-state index contributed by atoms with van der Waals surface area (Å²) in [5, 5.41) is 4.35. The van der Waals surface area contributed by atoms with Crippen molar-refractivity contribution in [3.63, 3.8) is 0 Å². The number of carbonyl (C=O) groups excluding carboxylic acids is 1. The van der Waals surface area contributed by atoms with Crippen molar-refractivity contribution in [3.8, 4) is 17.2 Å². The van der Waals surface area contributed by atoms with E-state index in [-0.39, 0.29) is 5.91 Å². The third kappa shape index (κ3) is 4.31. The molecule has 0 bridgehead atoms. The van der Waals surface area contributed by atoms with Gasteiger partial charge >= 0.3 is 0 Å². The number of hydrogen-bond donors (Lipinski definition) is 1. The highest BCUT2D eigenvalue weighted by molar-refractivity contribution is 5.93. The number of para-hydroxylation sites is 1. The molecule has 0 unspecified atom stereocenters. The van der Waals surface area contributed by atoms with Gasteiger partial charge in [-0.3, -0.25) is 4.79 Å². The number of carbonyl (C=O) groups is 1. The van der Waals surface area contributed by atoms with Gasteiger partial charge in [-0.05, 0) is 30.3 Å². The lowest BCUT2D eigenvalue weighted by Crippen LogP contribution is -3.13. The summed E-state index contributed by atoms with van der Waals surface area (Å²) in [6.45, 7) is 4.18. The Bertz CT molecular complexity index is 995.